The van der Waals surface area contributed by atoms with Crippen molar-refractivity contribution in [2.45, 2.75) is 12.5 Å². The number of hydrogen-bond donors (Lipinski definition) is 1. The van der Waals surface area contributed by atoms with Gasteiger partial charge in [0.05, 0.1) is 6.42 Å². The summed E-state index contributed by atoms with van der Waals surface area (Å²) < 4.78 is 1.87. The summed E-state index contributed by atoms with van der Waals surface area (Å²) in [6, 6.07) is 14.3. The van der Waals surface area contributed by atoms with E-state index in [2.05, 4.69) is 31.9 Å². The maximum absolute atomic E-state index is 13.0. The number of hydrogen-bond acceptors (Lipinski definition) is 3. The van der Waals surface area contributed by atoms with Crippen LogP contribution < -0.4 is 9.80 Å². The first-order valence-corrected chi connectivity index (χ1v) is 9.35. The molecule has 130 valence electrons. The van der Waals surface area contributed by atoms with Gasteiger partial charge in [-0.3, -0.25) is 9.59 Å². The minimum atomic E-state index is -0.988. The van der Waals surface area contributed by atoms with Crippen LogP contribution in [0.25, 0.3) is 0 Å². The van der Waals surface area contributed by atoms with Crippen molar-refractivity contribution < 1.29 is 14.7 Å². The van der Waals surface area contributed by atoms with Crippen molar-refractivity contribution in [3.05, 3.63) is 57.5 Å². The highest BCUT2D eigenvalue weighted by Crippen LogP contribution is 2.28. The van der Waals surface area contributed by atoms with E-state index < -0.39 is 12.0 Å². The van der Waals surface area contributed by atoms with Gasteiger partial charge in [0.1, 0.15) is 6.04 Å². The van der Waals surface area contributed by atoms with Gasteiger partial charge in [0.2, 0.25) is 5.91 Å². The van der Waals surface area contributed by atoms with Gasteiger partial charge in [-0.15, -0.1) is 0 Å². The lowest BCUT2D eigenvalue weighted by atomic mass is 10.0. The van der Waals surface area contributed by atoms with Gasteiger partial charge in [-0.05, 0) is 48.5 Å². The lowest BCUT2D eigenvalue weighted by molar-refractivity contribution is -0.139. The normalized spacial score (nSPS) is 17.7. The maximum atomic E-state index is 13.0. The van der Waals surface area contributed by atoms with Gasteiger partial charge < -0.3 is 14.9 Å². The highest BCUT2D eigenvalue weighted by Gasteiger charge is 2.37. The zero-order valence-electron chi connectivity index (χ0n) is 13.2. The molecule has 25 heavy (non-hydrogen) atoms. The van der Waals surface area contributed by atoms with Crippen LogP contribution in [0.3, 0.4) is 0 Å². The van der Waals surface area contributed by atoms with Crippen molar-refractivity contribution >= 4 is 55.1 Å². The number of carbonyl (C=O) groups excluding carboxylic acids is 1. The van der Waals surface area contributed by atoms with Crippen LogP contribution >= 0.6 is 31.9 Å². The number of carbonyl (C=O) groups is 2. The van der Waals surface area contributed by atoms with E-state index in [4.69, 9.17) is 0 Å². The molecule has 2 aromatic carbocycles. The SMILES string of the molecule is O=C(O)CC1C(=O)N(c2ccc(Br)cc2)CCN1c1ccc(Br)cc1. The fourth-order valence-corrected chi connectivity index (χ4v) is 3.50. The Morgan fingerprint density at radius 1 is 0.960 bits per heavy atom. The molecule has 1 fully saturated rings. The predicted molar refractivity (Wildman–Crippen MR) is 104 cm³/mol. The fourth-order valence-electron chi connectivity index (χ4n) is 2.97. The summed E-state index contributed by atoms with van der Waals surface area (Å²) in [6.45, 7) is 1.08. The van der Waals surface area contributed by atoms with Crippen LogP contribution in [-0.2, 0) is 9.59 Å². The molecule has 7 heteroatoms. The molecular formula is C18H16Br2N2O3. The lowest BCUT2D eigenvalue weighted by Crippen LogP contribution is -2.58. The molecule has 1 N–H and O–H groups in total. The second kappa shape index (κ2) is 7.58. The van der Waals surface area contributed by atoms with Crippen molar-refractivity contribution in [2.75, 3.05) is 22.9 Å². The first-order valence-electron chi connectivity index (χ1n) is 7.76. The van der Waals surface area contributed by atoms with E-state index >= 15 is 0 Å². The summed E-state index contributed by atoms with van der Waals surface area (Å²) >= 11 is 6.77. The third-order valence-electron chi connectivity index (χ3n) is 4.16. The molecule has 1 heterocycles. The molecule has 1 unspecified atom stereocenters. The Kier molecular flexibility index (Phi) is 5.44. The van der Waals surface area contributed by atoms with Gasteiger partial charge in [0.15, 0.2) is 0 Å². The molecule has 0 saturated carbocycles. The standard InChI is InChI=1S/C18H16Br2N2O3/c19-12-1-5-14(6-2-12)21-9-10-22(15-7-3-13(20)4-8-15)18(25)16(21)11-17(23)24/h1-8,16H,9-11H2,(H,23,24). The molecule has 1 saturated heterocycles. The molecule has 1 atom stereocenters. The summed E-state index contributed by atoms with van der Waals surface area (Å²) in [5.74, 6) is -1.18. The van der Waals surface area contributed by atoms with Gasteiger partial charge >= 0.3 is 5.97 Å². The van der Waals surface area contributed by atoms with Gasteiger partial charge in [0, 0.05) is 33.4 Å². The quantitative estimate of drug-likeness (QED) is 0.740. The Morgan fingerprint density at radius 3 is 2.00 bits per heavy atom. The third-order valence-corrected chi connectivity index (χ3v) is 5.21. The number of amides is 1. The molecule has 1 amide bonds. The van der Waals surface area contributed by atoms with Crippen LogP contribution in [0.15, 0.2) is 57.5 Å². The number of anilines is 2. The summed E-state index contributed by atoms with van der Waals surface area (Å²) in [5, 5.41) is 9.27. The predicted octanol–water partition coefficient (Wildman–Crippen LogP) is 3.91. The number of nitrogens with zero attached hydrogens (tertiary/aromatic N) is 2. The average molecular weight is 468 g/mol. The van der Waals surface area contributed by atoms with Crippen molar-refractivity contribution in [3.63, 3.8) is 0 Å². The third kappa shape index (κ3) is 4.04. The molecule has 0 spiro atoms. The second-order valence-electron chi connectivity index (χ2n) is 5.75. The maximum Gasteiger partial charge on any atom is 0.305 e. The first-order chi connectivity index (χ1) is 12.0. The molecular weight excluding hydrogens is 452 g/mol. The van der Waals surface area contributed by atoms with E-state index in [1.54, 1.807) is 4.90 Å². The van der Waals surface area contributed by atoms with E-state index in [0.717, 1.165) is 20.3 Å². The number of carboxylic acids is 1. The monoisotopic (exact) mass is 466 g/mol. The van der Waals surface area contributed by atoms with Crippen LogP contribution in [0, 0.1) is 0 Å². The van der Waals surface area contributed by atoms with Crippen molar-refractivity contribution in [2.24, 2.45) is 0 Å². The van der Waals surface area contributed by atoms with Crippen LogP contribution in [0.5, 0.6) is 0 Å². The van der Waals surface area contributed by atoms with Crippen molar-refractivity contribution in [1.29, 1.82) is 0 Å². The Balaban J connectivity index is 1.90. The fraction of sp³-hybridized carbons (Fsp3) is 0.222. The summed E-state index contributed by atoms with van der Waals surface area (Å²) in [7, 11) is 0. The minimum absolute atomic E-state index is 0.195. The van der Waals surface area contributed by atoms with Gasteiger partial charge in [-0.2, -0.15) is 0 Å². The Bertz CT molecular complexity index is 778. The molecule has 2 aromatic rings. The number of piperazine rings is 1. The smallest absolute Gasteiger partial charge is 0.305 e. The largest absolute Gasteiger partial charge is 0.481 e. The highest BCUT2D eigenvalue weighted by molar-refractivity contribution is 9.10. The number of aliphatic carboxylic acids is 1. The van der Waals surface area contributed by atoms with Crippen LogP contribution in [0.1, 0.15) is 6.42 Å². The molecule has 0 aliphatic carbocycles. The number of halogens is 2. The van der Waals surface area contributed by atoms with E-state index in [0.29, 0.717) is 13.1 Å². The van der Waals surface area contributed by atoms with Crippen LogP contribution in [-0.4, -0.2) is 36.1 Å². The molecule has 0 aromatic heterocycles. The second-order valence-corrected chi connectivity index (χ2v) is 7.58. The molecule has 3 rings (SSSR count). The zero-order valence-corrected chi connectivity index (χ0v) is 16.4. The van der Waals surface area contributed by atoms with Crippen LogP contribution in [0.2, 0.25) is 0 Å². The summed E-state index contributed by atoms with van der Waals surface area (Å²) in [5.41, 5.74) is 1.62. The molecule has 0 bridgehead atoms. The minimum Gasteiger partial charge on any atom is -0.481 e. The van der Waals surface area contributed by atoms with Gasteiger partial charge in [0.25, 0.3) is 0 Å². The lowest BCUT2D eigenvalue weighted by Gasteiger charge is -2.41. The van der Waals surface area contributed by atoms with E-state index in [1.807, 2.05) is 53.4 Å². The Morgan fingerprint density at radius 2 is 1.48 bits per heavy atom. The zero-order chi connectivity index (χ0) is 18.0. The van der Waals surface area contributed by atoms with Crippen molar-refractivity contribution in [1.82, 2.24) is 0 Å². The number of benzene rings is 2. The van der Waals surface area contributed by atoms with Crippen LogP contribution in [0.4, 0.5) is 11.4 Å². The molecule has 5 nitrogen and oxygen atoms in total. The number of carboxylic acid groups (broad SMARTS) is 1. The Hall–Kier alpha value is -1.86. The van der Waals surface area contributed by atoms with E-state index in [9.17, 15) is 14.7 Å². The summed E-state index contributed by atoms with van der Waals surface area (Å²) in [6.07, 6.45) is -0.234. The Labute approximate surface area is 162 Å². The van der Waals surface area contributed by atoms with E-state index in [1.165, 1.54) is 0 Å². The van der Waals surface area contributed by atoms with E-state index in [-0.39, 0.29) is 12.3 Å². The molecule has 1 aliphatic rings. The average Bonchev–Trinajstić information content (AvgIpc) is 2.58. The van der Waals surface area contributed by atoms with Gasteiger partial charge in [-0.1, -0.05) is 31.9 Å². The summed E-state index contributed by atoms with van der Waals surface area (Å²) in [4.78, 5) is 27.9. The highest BCUT2D eigenvalue weighted by atomic mass is 79.9. The first kappa shape index (κ1) is 17.9. The molecule has 0 radical (unpaired) electrons. The topological polar surface area (TPSA) is 60.9 Å². The number of rotatable bonds is 4. The molecule has 1 aliphatic heterocycles. The van der Waals surface area contributed by atoms with Gasteiger partial charge in [-0.25, -0.2) is 0 Å². The van der Waals surface area contributed by atoms with Crippen molar-refractivity contribution in [3.8, 4) is 0 Å².